The molecule has 3 heterocycles. The van der Waals surface area contributed by atoms with Crippen LogP contribution in [-0.4, -0.2) is 67.8 Å². The number of aliphatic hydroxyl groups excluding tert-OH is 2. The van der Waals surface area contributed by atoms with Crippen LogP contribution in [0.5, 0.6) is 0 Å². The van der Waals surface area contributed by atoms with Crippen molar-refractivity contribution in [2.24, 2.45) is 0 Å². The molecule has 2 fully saturated rings. The molecule has 2 saturated heterocycles. The van der Waals surface area contributed by atoms with Crippen LogP contribution >= 0.6 is 0 Å². The fraction of sp³-hybridized carbons (Fsp3) is 0.615. The van der Waals surface area contributed by atoms with E-state index in [1.807, 2.05) is 42.1 Å². The second kappa shape index (κ2) is 9.95. The number of carbonyl (C=O) groups is 1. The zero-order valence-corrected chi connectivity index (χ0v) is 19.8. The largest absolute Gasteiger partial charge is 0.396 e. The zero-order chi connectivity index (χ0) is 23.5. The van der Waals surface area contributed by atoms with Crippen LogP contribution in [0.4, 0.5) is 0 Å². The minimum Gasteiger partial charge on any atom is -0.396 e. The molecule has 0 saturated carbocycles. The van der Waals surface area contributed by atoms with Crippen LogP contribution in [0, 0.1) is 0 Å². The van der Waals surface area contributed by atoms with Gasteiger partial charge in [0.05, 0.1) is 17.2 Å². The zero-order valence-electron chi connectivity index (χ0n) is 19.8. The van der Waals surface area contributed by atoms with E-state index in [0.717, 1.165) is 6.42 Å². The molecule has 2 aliphatic rings. The minimum atomic E-state index is -0.801. The Bertz CT molecular complexity index is 906. The van der Waals surface area contributed by atoms with Crippen LogP contribution in [0.15, 0.2) is 48.8 Å². The number of carbonyl (C=O) groups excluding carboxylic acids is 1. The van der Waals surface area contributed by atoms with Gasteiger partial charge in [-0.2, -0.15) is 5.10 Å². The summed E-state index contributed by atoms with van der Waals surface area (Å²) in [6.45, 7) is 2.72. The summed E-state index contributed by atoms with van der Waals surface area (Å²) in [5, 5.41) is 25.6. The smallest absolute Gasteiger partial charge is 0.222 e. The first-order valence-corrected chi connectivity index (χ1v) is 12.1. The SMILES string of the molecule is CN(C(=O)CCCn1cccn1)[C@H]1CC[C@@]2(CCO)C[C@H](c3ccccc3)C[C@](C)(O2)[C@@H]1O. The van der Waals surface area contributed by atoms with Gasteiger partial charge in [0.25, 0.3) is 0 Å². The van der Waals surface area contributed by atoms with E-state index in [9.17, 15) is 15.0 Å². The van der Waals surface area contributed by atoms with Crippen LogP contribution < -0.4 is 0 Å². The van der Waals surface area contributed by atoms with Gasteiger partial charge in [-0.3, -0.25) is 9.48 Å². The summed E-state index contributed by atoms with van der Waals surface area (Å²) >= 11 is 0. The molecule has 0 unspecified atom stereocenters. The molecule has 2 N–H and O–H groups in total. The first kappa shape index (κ1) is 23.9. The number of aryl methyl sites for hydroxylation is 1. The number of fused-ring (bicyclic) bond motifs is 2. The number of rotatable bonds is 8. The van der Waals surface area contributed by atoms with Crippen molar-refractivity contribution in [1.82, 2.24) is 14.7 Å². The fourth-order valence-corrected chi connectivity index (χ4v) is 5.93. The normalized spacial score (nSPS) is 31.7. The predicted molar refractivity (Wildman–Crippen MR) is 126 cm³/mol. The number of benzene rings is 1. The Labute approximate surface area is 196 Å². The molecule has 7 nitrogen and oxygen atoms in total. The molecule has 0 spiro atoms. The van der Waals surface area contributed by atoms with Crippen LogP contribution in [0.2, 0.25) is 0 Å². The summed E-state index contributed by atoms with van der Waals surface area (Å²) in [4.78, 5) is 14.8. The maximum atomic E-state index is 13.0. The van der Waals surface area contributed by atoms with Gasteiger partial charge in [-0.15, -0.1) is 0 Å². The van der Waals surface area contributed by atoms with Crippen molar-refractivity contribution in [3.05, 3.63) is 54.4 Å². The van der Waals surface area contributed by atoms with Gasteiger partial charge in [-0.1, -0.05) is 30.3 Å². The van der Waals surface area contributed by atoms with Crippen LogP contribution in [-0.2, 0) is 16.1 Å². The lowest BCUT2D eigenvalue weighted by atomic mass is 9.73. The van der Waals surface area contributed by atoms with Gasteiger partial charge >= 0.3 is 0 Å². The number of hydrogen-bond acceptors (Lipinski definition) is 5. The third kappa shape index (κ3) is 5.15. The fourth-order valence-electron chi connectivity index (χ4n) is 5.93. The first-order chi connectivity index (χ1) is 15.9. The summed E-state index contributed by atoms with van der Waals surface area (Å²) in [5.41, 5.74) is -0.0521. The lowest BCUT2D eigenvalue weighted by Crippen LogP contribution is -2.58. The highest BCUT2D eigenvalue weighted by atomic mass is 16.5. The Balaban J connectivity index is 1.51. The molecule has 2 bridgehead atoms. The molecule has 1 amide bonds. The predicted octanol–water partition coefficient (Wildman–Crippen LogP) is 3.12. The number of aliphatic hydroxyl groups is 2. The summed E-state index contributed by atoms with van der Waals surface area (Å²) in [5.74, 6) is 0.266. The van der Waals surface area contributed by atoms with E-state index >= 15 is 0 Å². The second-order valence-corrected chi connectivity index (χ2v) is 10.0. The average molecular weight is 456 g/mol. The molecule has 0 aliphatic carbocycles. The number of nitrogens with zero attached hydrogens (tertiary/aromatic N) is 3. The highest BCUT2D eigenvalue weighted by Gasteiger charge is 2.55. The van der Waals surface area contributed by atoms with Crippen molar-refractivity contribution < 1.29 is 19.7 Å². The molecular weight excluding hydrogens is 418 g/mol. The van der Waals surface area contributed by atoms with E-state index in [1.165, 1.54) is 5.56 Å². The molecule has 5 atom stereocenters. The molecule has 0 radical (unpaired) electrons. The average Bonchev–Trinajstić information content (AvgIpc) is 3.30. The Morgan fingerprint density at radius 1 is 1.27 bits per heavy atom. The Morgan fingerprint density at radius 2 is 2.06 bits per heavy atom. The standard InChI is InChI=1S/C26H37N3O4/c1-25-18-21(20-8-4-3-5-9-20)19-26(33-25,13-17-30)12-11-22(24(25)32)28(2)23(31)10-6-15-29-16-7-14-27-29/h3-5,7-9,14,16,21-22,24,30,32H,6,10-13,15,17-19H2,1-2H3/t21-,22+,24-,25+,26-/m1/s1. The number of aromatic nitrogens is 2. The van der Waals surface area contributed by atoms with E-state index in [0.29, 0.717) is 45.1 Å². The van der Waals surface area contributed by atoms with Crippen molar-refractivity contribution in [2.75, 3.05) is 13.7 Å². The van der Waals surface area contributed by atoms with E-state index < -0.39 is 17.3 Å². The molecule has 180 valence electrons. The lowest BCUT2D eigenvalue weighted by molar-refractivity contribution is -0.226. The van der Waals surface area contributed by atoms with Crippen molar-refractivity contribution in [2.45, 2.75) is 87.7 Å². The molecule has 2 aliphatic heterocycles. The van der Waals surface area contributed by atoms with Gasteiger partial charge in [0.2, 0.25) is 5.91 Å². The molecule has 4 rings (SSSR count). The molecular formula is C26H37N3O4. The Hall–Kier alpha value is -2.22. The van der Waals surface area contributed by atoms with Crippen LogP contribution in [0.3, 0.4) is 0 Å². The highest BCUT2D eigenvalue weighted by molar-refractivity contribution is 5.76. The van der Waals surface area contributed by atoms with Crippen molar-refractivity contribution >= 4 is 5.91 Å². The van der Waals surface area contributed by atoms with E-state index in [2.05, 4.69) is 17.2 Å². The number of hydrogen-bond donors (Lipinski definition) is 2. The van der Waals surface area contributed by atoms with Gasteiger partial charge in [0.15, 0.2) is 0 Å². The summed E-state index contributed by atoms with van der Waals surface area (Å²) in [7, 11) is 1.80. The molecule has 2 aromatic rings. The van der Waals surface area contributed by atoms with Crippen LogP contribution in [0.1, 0.15) is 63.4 Å². The summed E-state index contributed by atoms with van der Waals surface area (Å²) in [6, 6.07) is 11.9. The number of amides is 1. The monoisotopic (exact) mass is 455 g/mol. The summed E-state index contributed by atoms with van der Waals surface area (Å²) < 4.78 is 8.49. The van der Waals surface area contributed by atoms with E-state index in [1.54, 1.807) is 18.1 Å². The lowest BCUT2D eigenvalue weighted by Gasteiger charge is -2.50. The molecule has 33 heavy (non-hydrogen) atoms. The topological polar surface area (TPSA) is 87.8 Å². The van der Waals surface area contributed by atoms with Gasteiger partial charge in [-0.05, 0) is 63.0 Å². The first-order valence-electron chi connectivity index (χ1n) is 12.1. The van der Waals surface area contributed by atoms with Crippen molar-refractivity contribution in [3.63, 3.8) is 0 Å². The van der Waals surface area contributed by atoms with Gasteiger partial charge in [0.1, 0.15) is 6.10 Å². The van der Waals surface area contributed by atoms with E-state index in [-0.39, 0.29) is 24.5 Å². The van der Waals surface area contributed by atoms with Crippen molar-refractivity contribution in [3.8, 4) is 0 Å². The van der Waals surface area contributed by atoms with Crippen LogP contribution in [0.25, 0.3) is 0 Å². The van der Waals surface area contributed by atoms with E-state index in [4.69, 9.17) is 4.74 Å². The Morgan fingerprint density at radius 3 is 2.76 bits per heavy atom. The van der Waals surface area contributed by atoms with Gasteiger partial charge in [-0.25, -0.2) is 0 Å². The second-order valence-electron chi connectivity index (χ2n) is 10.0. The summed E-state index contributed by atoms with van der Waals surface area (Å²) in [6.07, 6.45) is 7.33. The number of likely N-dealkylation sites (N-methyl/N-ethyl adjacent to an activating group) is 1. The maximum Gasteiger partial charge on any atom is 0.222 e. The van der Waals surface area contributed by atoms with Gasteiger partial charge in [0, 0.05) is 39.0 Å². The Kier molecular flexibility index (Phi) is 7.22. The third-order valence-electron chi connectivity index (χ3n) is 7.67. The van der Waals surface area contributed by atoms with Gasteiger partial charge < -0.3 is 19.8 Å². The molecule has 1 aromatic carbocycles. The minimum absolute atomic E-state index is 0.0297. The molecule has 7 heteroatoms. The number of ether oxygens (including phenoxy) is 1. The van der Waals surface area contributed by atoms with Crippen molar-refractivity contribution in [1.29, 1.82) is 0 Å². The maximum absolute atomic E-state index is 13.0. The third-order valence-corrected chi connectivity index (χ3v) is 7.67. The molecule has 1 aromatic heterocycles. The quantitative estimate of drug-likeness (QED) is 0.639. The highest BCUT2D eigenvalue weighted by Crippen LogP contribution is 2.51.